The summed E-state index contributed by atoms with van der Waals surface area (Å²) in [5.41, 5.74) is 4.45. The van der Waals surface area contributed by atoms with E-state index in [1.807, 2.05) is 50.2 Å². The molecule has 1 fully saturated rings. The minimum atomic E-state index is -0.672. The van der Waals surface area contributed by atoms with Crippen LogP contribution < -0.4 is 15.5 Å². The minimum absolute atomic E-state index is 0.615. The minimum Gasteiger partial charge on any atom is -0.372 e. The molecule has 1 heterocycles. The number of carbonyl (C=O) groups is 2. The number of benzene rings is 2. The van der Waals surface area contributed by atoms with E-state index < -0.39 is 11.8 Å². The Labute approximate surface area is 148 Å². The summed E-state index contributed by atoms with van der Waals surface area (Å²) in [6, 6.07) is 13.3. The van der Waals surface area contributed by atoms with Gasteiger partial charge >= 0.3 is 11.8 Å². The Kier molecular flexibility index (Phi) is 5.03. The van der Waals surface area contributed by atoms with Crippen LogP contribution in [0.4, 0.5) is 17.1 Å². The van der Waals surface area contributed by atoms with E-state index >= 15 is 0 Å². The lowest BCUT2D eigenvalue weighted by Crippen LogP contribution is -2.29. The third-order valence-electron chi connectivity index (χ3n) is 4.43. The number of aryl methyl sites for hydroxylation is 2. The molecule has 2 amide bonds. The fraction of sp³-hybridized carbons (Fsp3) is 0.300. The number of anilines is 3. The zero-order chi connectivity index (χ0) is 17.8. The van der Waals surface area contributed by atoms with Crippen molar-refractivity contribution in [2.24, 2.45) is 0 Å². The van der Waals surface area contributed by atoms with Gasteiger partial charge in [0, 0.05) is 30.2 Å². The molecule has 130 valence electrons. The number of nitrogens with one attached hydrogen (secondary N) is 2. The monoisotopic (exact) mass is 337 g/mol. The van der Waals surface area contributed by atoms with E-state index in [1.165, 1.54) is 12.8 Å². The molecule has 0 radical (unpaired) electrons. The van der Waals surface area contributed by atoms with Gasteiger partial charge in [-0.25, -0.2) is 0 Å². The van der Waals surface area contributed by atoms with E-state index in [-0.39, 0.29) is 0 Å². The van der Waals surface area contributed by atoms with Gasteiger partial charge in [-0.05, 0) is 62.6 Å². The van der Waals surface area contributed by atoms with Crippen LogP contribution in [-0.4, -0.2) is 24.9 Å². The fourth-order valence-electron chi connectivity index (χ4n) is 3.05. The fourth-order valence-corrected chi connectivity index (χ4v) is 3.05. The molecule has 0 spiro atoms. The zero-order valence-corrected chi connectivity index (χ0v) is 14.6. The summed E-state index contributed by atoms with van der Waals surface area (Å²) in [7, 11) is 0. The molecule has 1 saturated heterocycles. The molecule has 0 bridgehead atoms. The summed E-state index contributed by atoms with van der Waals surface area (Å²) in [4.78, 5) is 26.5. The van der Waals surface area contributed by atoms with Crippen LogP contribution in [0.25, 0.3) is 0 Å². The average Bonchev–Trinajstić information content (AvgIpc) is 3.12. The number of nitrogens with zero attached hydrogens (tertiary/aromatic N) is 1. The van der Waals surface area contributed by atoms with Crippen molar-refractivity contribution >= 4 is 28.9 Å². The number of hydrogen-bond acceptors (Lipinski definition) is 3. The second-order valence-electron chi connectivity index (χ2n) is 6.47. The molecule has 2 aromatic rings. The molecule has 1 aliphatic rings. The van der Waals surface area contributed by atoms with E-state index in [2.05, 4.69) is 15.5 Å². The first kappa shape index (κ1) is 17.0. The largest absolute Gasteiger partial charge is 0.372 e. The third-order valence-corrected chi connectivity index (χ3v) is 4.43. The van der Waals surface area contributed by atoms with Crippen LogP contribution in [-0.2, 0) is 9.59 Å². The molecule has 1 aliphatic heterocycles. The SMILES string of the molecule is Cc1ccc(NC(=O)C(=O)Nc2ccc(N3CCCC3)cc2)c(C)c1. The van der Waals surface area contributed by atoms with Gasteiger partial charge in [0.2, 0.25) is 0 Å². The molecule has 0 atom stereocenters. The Morgan fingerprint density at radius 3 is 2.16 bits per heavy atom. The summed E-state index contributed by atoms with van der Waals surface area (Å²) in [5, 5.41) is 5.30. The number of hydrogen-bond donors (Lipinski definition) is 2. The molecule has 0 aliphatic carbocycles. The van der Waals surface area contributed by atoms with Crippen molar-refractivity contribution in [3.05, 3.63) is 53.6 Å². The van der Waals surface area contributed by atoms with Crippen LogP contribution in [0.15, 0.2) is 42.5 Å². The van der Waals surface area contributed by atoms with Gasteiger partial charge in [0.15, 0.2) is 0 Å². The Bertz CT molecular complexity index is 778. The first-order valence-electron chi connectivity index (χ1n) is 8.57. The van der Waals surface area contributed by atoms with Crippen molar-refractivity contribution in [2.75, 3.05) is 28.6 Å². The van der Waals surface area contributed by atoms with Gasteiger partial charge in [-0.1, -0.05) is 17.7 Å². The lowest BCUT2D eigenvalue weighted by atomic mass is 10.1. The van der Waals surface area contributed by atoms with E-state index in [0.717, 1.165) is 29.9 Å². The van der Waals surface area contributed by atoms with Crippen LogP contribution >= 0.6 is 0 Å². The maximum Gasteiger partial charge on any atom is 0.314 e. The van der Waals surface area contributed by atoms with E-state index in [1.54, 1.807) is 6.07 Å². The molecule has 25 heavy (non-hydrogen) atoms. The van der Waals surface area contributed by atoms with Gasteiger partial charge < -0.3 is 15.5 Å². The predicted octanol–water partition coefficient (Wildman–Crippen LogP) is 3.48. The Balaban J connectivity index is 1.60. The van der Waals surface area contributed by atoms with Crippen LogP contribution in [0, 0.1) is 13.8 Å². The van der Waals surface area contributed by atoms with Gasteiger partial charge in [-0.2, -0.15) is 0 Å². The Morgan fingerprint density at radius 1 is 0.880 bits per heavy atom. The summed E-state index contributed by atoms with van der Waals surface area (Å²) >= 11 is 0. The summed E-state index contributed by atoms with van der Waals surface area (Å²) in [6.07, 6.45) is 2.44. The highest BCUT2D eigenvalue weighted by molar-refractivity contribution is 6.43. The first-order chi connectivity index (χ1) is 12.0. The van der Waals surface area contributed by atoms with Crippen LogP contribution in [0.5, 0.6) is 0 Å². The lowest BCUT2D eigenvalue weighted by Gasteiger charge is -2.17. The van der Waals surface area contributed by atoms with Crippen molar-refractivity contribution in [1.29, 1.82) is 0 Å². The smallest absolute Gasteiger partial charge is 0.314 e. The second kappa shape index (κ2) is 7.38. The second-order valence-corrected chi connectivity index (χ2v) is 6.47. The van der Waals surface area contributed by atoms with Crippen LogP contribution in [0.1, 0.15) is 24.0 Å². The molecular weight excluding hydrogens is 314 g/mol. The van der Waals surface area contributed by atoms with E-state index in [4.69, 9.17) is 0 Å². The summed E-state index contributed by atoms with van der Waals surface area (Å²) < 4.78 is 0. The molecule has 3 rings (SSSR count). The normalized spacial score (nSPS) is 13.6. The highest BCUT2D eigenvalue weighted by atomic mass is 16.2. The van der Waals surface area contributed by atoms with Crippen LogP contribution in [0.3, 0.4) is 0 Å². The van der Waals surface area contributed by atoms with Crippen LogP contribution in [0.2, 0.25) is 0 Å². The lowest BCUT2D eigenvalue weighted by molar-refractivity contribution is -0.133. The molecule has 2 N–H and O–H groups in total. The molecule has 0 saturated carbocycles. The molecule has 5 heteroatoms. The highest BCUT2D eigenvalue weighted by Crippen LogP contribution is 2.22. The quantitative estimate of drug-likeness (QED) is 0.843. The van der Waals surface area contributed by atoms with Gasteiger partial charge in [-0.3, -0.25) is 9.59 Å². The van der Waals surface area contributed by atoms with Gasteiger partial charge in [0.25, 0.3) is 0 Å². The van der Waals surface area contributed by atoms with Crippen molar-refractivity contribution in [3.8, 4) is 0 Å². The summed E-state index contributed by atoms with van der Waals surface area (Å²) in [6.45, 7) is 6.03. The molecule has 0 aromatic heterocycles. The number of carbonyl (C=O) groups excluding carboxylic acids is 2. The maximum absolute atomic E-state index is 12.1. The standard InChI is InChI=1S/C20H23N3O2/c1-14-5-10-18(15(2)13-14)22-20(25)19(24)21-16-6-8-17(9-7-16)23-11-3-4-12-23/h5-10,13H,3-4,11-12H2,1-2H3,(H,21,24)(H,22,25). The number of rotatable bonds is 3. The molecule has 0 unspecified atom stereocenters. The van der Waals surface area contributed by atoms with Gasteiger partial charge in [0.1, 0.15) is 0 Å². The van der Waals surface area contributed by atoms with E-state index in [0.29, 0.717) is 11.4 Å². The molecule has 2 aromatic carbocycles. The maximum atomic E-state index is 12.1. The van der Waals surface area contributed by atoms with Crippen molar-refractivity contribution < 1.29 is 9.59 Å². The number of amides is 2. The Morgan fingerprint density at radius 2 is 1.52 bits per heavy atom. The third kappa shape index (κ3) is 4.18. The molecule has 5 nitrogen and oxygen atoms in total. The van der Waals surface area contributed by atoms with Crippen molar-refractivity contribution in [3.63, 3.8) is 0 Å². The molecular formula is C20H23N3O2. The topological polar surface area (TPSA) is 61.4 Å². The van der Waals surface area contributed by atoms with Gasteiger partial charge in [0.05, 0.1) is 0 Å². The first-order valence-corrected chi connectivity index (χ1v) is 8.57. The zero-order valence-electron chi connectivity index (χ0n) is 14.6. The predicted molar refractivity (Wildman–Crippen MR) is 101 cm³/mol. The van der Waals surface area contributed by atoms with Gasteiger partial charge in [-0.15, -0.1) is 0 Å². The van der Waals surface area contributed by atoms with Crippen molar-refractivity contribution in [1.82, 2.24) is 0 Å². The Hall–Kier alpha value is -2.82. The van der Waals surface area contributed by atoms with E-state index in [9.17, 15) is 9.59 Å². The van der Waals surface area contributed by atoms with Crippen molar-refractivity contribution in [2.45, 2.75) is 26.7 Å². The highest BCUT2D eigenvalue weighted by Gasteiger charge is 2.16. The summed E-state index contributed by atoms with van der Waals surface area (Å²) in [5.74, 6) is -1.34. The average molecular weight is 337 g/mol.